The third-order valence-corrected chi connectivity index (χ3v) is 6.08. The molecule has 3 nitrogen and oxygen atoms in total. The van der Waals surface area contributed by atoms with Crippen molar-refractivity contribution in [2.75, 3.05) is 0 Å². The monoisotopic (exact) mass is 289 g/mol. The van der Waals surface area contributed by atoms with Gasteiger partial charge in [0.15, 0.2) is 0 Å². The normalized spacial score (nSPS) is 17.9. The minimum Gasteiger partial charge on any atom is -0.258 e. The number of thioether (sulfide) groups is 1. The number of hydrogen-bond donors (Lipinski definition) is 0. The lowest BCUT2D eigenvalue weighted by atomic mass is 9.98. The molecule has 0 saturated heterocycles. The van der Waals surface area contributed by atoms with E-state index >= 15 is 0 Å². The molecule has 0 heterocycles. The molecule has 0 amide bonds. The van der Waals surface area contributed by atoms with Gasteiger partial charge in [-0.15, -0.1) is 11.8 Å². The van der Waals surface area contributed by atoms with Crippen LogP contribution in [0.3, 0.4) is 0 Å². The Morgan fingerprint density at radius 3 is 2.05 bits per heavy atom. The van der Waals surface area contributed by atoms with Crippen molar-refractivity contribution in [1.29, 1.82) is 0 Å². The number of allylic oxidation sites excluding steroid dienone is 2. The number of benzene rings is 1. The van der Waals surface area contributed by atoms with Crippen molar-refractivity contribution in [2.24, 2.45) is 0 Å². The van der Waals surface area contributed by atoms with Gasteiger partial charge in [0.05, 0.1) is 14.6 Å². The van der Waals surface area contributed by atoms with Crippen LogP contribution in [0.2, 0.25) is 0 Å². The lowest BCUT2D eigenvalue weighted by molar-refractivity contribution is -0.387. The molecule has 4 heteroatoms. The fraction of sp³-hybridized carbons (Fsp3) is 0.375. The van der Waals surface area contributed by atoms with Crippen molar-refractivity contribution in [3.63, 3.8) is 0 Å². The summed E-state index contributed by atoms with van der Waals surface area (Å²) < 4.78 is -0.194. The first-order chi connectivity index (χ1) is 9.29. The summed E-state index contributed by atoms with van der Waals surface area (Å²) in [6, 6.07) is 6.96. The van der Waals surface area contributed by atoms with Gasteiger partial charge in [0.1, 0.15) is 0 Å². The number of nitro benzene ring substituents is 1. The predicted molar refractivity (Wildman–Crippen MR) is 84.1 cm³/mol. The molecular formula is C16H19NO2S. The topological polar surface area (TPSA) is 43.1 Å². The van der Waals surface area contributed by atoms with Gasteiger partial charge in [0.2, 0.25) is 0 Å². The van der Waals surface area contributed by atoms with E-state index < -0.39 is 0 Å². The summed E-state index contributed by atoms with van der Waals surface area (Å²) >= 11 is 1.57. The highest BCUT2D eigenvalue weighted by Crippen LogP contribution is 2.52. The van der Waals surface area contributed by atoms with Crippen LogP contribution >= 0.6 is 11.8 Å². The summed E-state index contributed by atoms with van der Waals surface area (Å²) in [5, 5.41) is 11.2. The Balaban J connectivity index is 2.48. The smallest absolute Gasteiger partial charge is 0.258 e. The van der Waals surface area contributed by atoms with Crippen LogP contribution < -0.4 is 0 Å². The third kappa shape index (κ3) is 2.18. The maximum atomic E-state index is 11.2. The Labute approximate surface area is 123 Å². The van der Waals surface area contributed by atoms with E-state index in [1.54, 1.807) is 23.9 Å². The van der Waals surface area contributed by atoms with E-state index in [4.69, 9.17) is 0 Å². The van der Waals surface area contributed by atoms with Gasteiger partial charge >= 0.3 is 0 Å². The molecule has 1 aromatic carbocycles. The number of nitrogens with zero attached hydrogens (tertiary/aromatic N) is 1. The number of para-hydroxylation sites is 1. The summed E-state index contributed by atoms with van der Waals surface area (Å²) in [5.41, 5.74) is 5.36. The average molecular weight is 289 g/mol. The molecule has 0 atom stereocenters. The van der Waals surface area contributed by atoms with Crippen molar-refractivity contribution < 1.29 is 4.92 Å². The van der Waals surface area contributed by atoms with Gasteiger partial charge in [-0.1, -0.05) is 12.1 Å². The number of hydrogen-bond acceptors (Lipinski definition) is 3. The molecule has 0 aromatic heterocycles. The largest absolute Gasteiger partial charge is 0.282 e. The second kappa shape index (κ2) is 5.09. The molecule has 2 rings (SSSR count). The van der Waals surface area contributed by atoms with E-state index in [0.29, 0.717) is 0 Å². The van der Waals surface area contributed by atoms with E-state index in [0.717, 1.165) is 4.90 Å². The Morgan fingerprint density at radius 1 is 1.05 bits per heavy atom. The fourth-order valence-corrected chi connectivity index (χ4v) is 4.07. The van der Waals surface area contributed by atoms with Gasteiger partial charge in [-0.25, -0.2) is 0 Å². The van der Waals surface area contributed by atoms with E-state index in [-0.39, 0.29) is 15.4 Å². The Hall–Kier alpha value is -1.55. The maximum Gasteiger partial charge on any atom is 0.282 e. The summed E-state index contributed by atoms with van der Waals surface area (Å²) in [4.78, 5) is 11.6. The zero-order valence-corrected chi connectivity index (χ0v) is 13.3. The average Bonchev–Trinajstić information content (AvgIpc) is 2.56. The van der Waals surface area contributed by atoms with Crippen molar-refractivity contribution >= 4 is 17.4 Å². The Bertz CT molecular complexity index is 620. The first-order valence-electron chi connectivity index (χ1n) is 6.57. The van der Waals surface area contributed by atoms with Crippen LogP contribution in [0.25, 0.3) is 0 Å². The predicted octanol–water partition coefficient (Wildman–Crippen LogP) is 5.13. The van der Waals surface area contributed by atoms with Crippen LogP contribution in [0.1, 0.15) is 34.6 Å². The van der Waals surface area contributed by atoms with Crippen LogP contribution in [0.15, 0.2) is 51.5 Å². The first kappa shape index (κ1) is 14.9. The summed E-state index contributed by atoms with van der Waals surface area (Å²) in [5.74, 6) is 0. The van der Waals surface area contributed by atoms with Crippen molar-refractivity contribution in [3.05, 3.63) is 56.7 Å². The SMILES string of the molecule is CC1=C(C)C(C)(Sc2ccccc2[N+](=O)[O-])C(C)=C1C. The Morgan fingerprint density at radius 2 is 1.55 bits per heavy atom. The minimum atomic E-state index is -0.307. The first-order valence-corrected chi connectivity index (χ1v) is 7.39. The molecule has 1 aliphatic carbocycles. The molecule has 0 saturated carbocycles. The molecule has 1 aromatic rings. The van der Waals surface area contributed by atoms with E-state index in [1.165, 1.54) is 22.3 Å². The molecule has 0 bridgehead atoms. The molecule has 0 radical (unpaired) electrons. The molecule has 0 N–H and O–H groups in total. The van der Waals surface area contributed by atoms with Gasteiger partial charge in [-0.2, -0.15) is 0 Å². The van der Waals surface area contributed by atoms with Crippen molar-refractivity contribution in [2.45, 2.75) is 44.3 Å². The molecular weight excluding hydrogens is 270 g/mol. The quantitative estimate of drug-likeness (QED) is 0.572. The molecule has 0 aliphatic heterocycles. The highest BCUT2D eigenvalue weighted by molar-refractivity contribution is 8.01. The number of rotatable bonds is 3. The zero-order valence-electron chi connectivity index (χ0n) is 12.5. The lowest BCUT2D eigenvalue weighted by Crippen LogP contribution is -2.21. The second-order valence-electron chi connectivity index (χ2n) is 5.36. The highest BCUT2D eigenvalue weighted by Gasteiger charge is 2.38. The van der Waals surface area contributed by atoms with E-state index in [1.807, 2.05) is 12.1 Å². The number of nitro groups is 1. The minimum absolute atomic E-state index is 0.182. The van der Waals surface area contributed by atoms with Crippen LogP contribution in [0.4, 0.5) is 5.69 Å². The van der Waals surface area contributed by atoms with Gasteiger partial charge in [-0.3, -0.25) is 10.1 Å². The second-order valence-corrected chi connectivity index (χ2v) is 6.82. The molecule has 0 spiro atoms. The van der Waals surface area contributed by atoms with E-state index in [9.17, 15) is 10.1 Å². The van der Waals surface area contributed by atoms with E-state index in [2.05, 4.69) is 34.6 Å². The molecule has 20 heavy (non-hydrogen) atoms. The highest BCUT2D eigenvalue weighted by atomic mass is 32.2. The molecule has 0 unspecified atom stereocenters. The molecule has 0 fully saturated rings. The van der Waals surface area contributed by atoms with Crippen molar-refractivity contribution in [3.8, 4) is 0 Å². The van der Waals surface area contributed by atoms with Gasteiger partial charge in [0.25, 0.3) is 5.69 Å². The maximum absolute atomic E-state index is 11.2. The van der Waals surface area contributed by atoms with Crippen LogP contribution in [-0.2, 0) is 0 Å². The standard InChI is InChI=1S/C16H19NO2S/c1-10-11(2)13(4)16(5,12(10)3)20-15-9-7-6-8-14(15)17(18)19/h6-9H,1-5H3. The zero-order chi connectivity index (χ0) is 15.1. The molecule has 106 valence electrons. The lowest BCUT2D eigenvalue weighted by Gasteiger charge is -2.28. The van der Waals surface area contributed by atoms with Crippen LogP contribution in [-0.4, -0.2) is 9.67 Å². The van der Waals surface area contributed by atoms with Crippen molar-refractivity contribution in [1.82, 2.24) is 0 Å². The van der Waals surface area contributed by atoms with Gasteiger partial charge in [-0.05, 0) is 63.0 Å². The van der Waals surface area contributed by atoms with Crippen LogP contribution in [0.5, 0.6) is 0 Å². The third-order valence-electron chi connectivity index (χ3n) is 4.49. The Kier molecular flexibility index (Phi) is 3.78. The summed E-state index contributed by atoms with van der Waals surface area (Å²) in [6.45, 7) is 10.6. The fourth-order valence-electron chi connectivity index (χ4n) is 2.63. The van der Waals surface area contributed by atoms with Gasteiger partial charge in [0, 0.05) is 6.07 Å². The molecule has 1 aliphatic rings. The summed E-state index contributed by atoms with van der Waals surface area (Å²) in [7, 11) is 0. The summed E-state index contributed by atoms with van der Waals surface area (Å²) in [6.07, 6.45) is 0. The van der Waals surface area contributed by atoms with Gasteiger partial charge < -0.3 is 0 Å². The van der Waals surface area contributed by atoms with Crippen LogP contribution in [0, 0.1) is 10.1 Å².